The van der Waals surface area contributed by atoms with E-state index in [-0.39, 0.29) is 6.61 Å². The number of benzene rings is 1. The van der Waals surface area contributed by atoms with E-state index in [2.05, 4.69) is 13.0 Å². The molecule has 3 heteroatoms. The maximum absolute atomic E-state index is 9.01. The number of ether oxygens (including phenoxy) is 1. The highest BCUT2D eigenvalue weighted by molar-refractivity contribution is 5.38. The van der Waals surface area contributed by atoms with Gasteiger partial charge in [-0.1, -0.05) is 12.1 Å². The van der Waals surface area contributed by atoms with Gasteiger partial charge >= 0.3 is 0 Å². The fraction of sp³-hybridized carbons (Fsp3) is 0.538. The minimum Gasteiger partial charge on any atom is -0.493 e. The molecule has 0 saturated carbocycles. The third-order valence-corrected chi connectivity index (χ3v) is 2.85. The predicted molar refractivity (Wildman–Crippen MR) is 65.7 cm³/mol. The average molecular weight is 223 g/mol. The molecule has 3 N–H and O–H groups in total. The zero-order valence-corrected chi connectivity index (χ0v) is 10.3. The second-order valence-electron chi connectivity index (χ2n) is 4.61. The Bertz CT molecular complexity index is 348. The maximum Gasteiger partial charge on any atom is 0.122 e. The van der Waals surface area contributed by atoms with E-state index in [1.54, 1.807) is 0 Å². The van der Waals surface area contributed by atoms with Gasteiger partial charge in [-0.25, -0.2) is 0 Å². The number of nitrogens with two attached hydrogens (primary N) is 1. The Balaban J connectivity index is 2.53. The van der Waals surface area contributed by atoms with Crippen molar-refractivity contribution >= 4 is 0 Å². The minimum absolute atomic E-state index is 0.0246. The van der Waals surface area contributed by atoms with Crippen molar-refractivity contribution in [1.29, 1.82) is 0 Å². The molecule has 0 bridgehead atoms. The van der Waals surface area contributed by atoms with Gasteiger partial charge in [0.25, 0.3) is 0 Å². The number of aliphatic hydroxyl groups is 1. The van der Waals surface area contributed by atoms with Gasteiger partial charge in [0.05, 0.1) is 13.2 Å². The van der Waals surface area contributed by atoms with Crippen molar-refractivity contribution in [3.05, 3.63) is 29.3 Å². The molecular weight excluding hydrogens is 202 g/mol. The van der Waals surface area contributed by atoms with Gasteiger partial charge in [0, 0.05) is 12.0 Å². The fourth-order valence-corrected chi connectivity index (χ4v) is 1.35. The second kappa shape index (κ2) is 5.32. The minimum atomic E-state index is -0.558. The lowest BCUT2D eigenvalue weighted by Gasteiger charge is -2.21. The van der Waals surface area contributed by atoms with Crippen LogP contribution in [0.2, 0.25) is 0 Å². The van der Waals surface area contributed by atoms with Crippen molar-refractivity contribution in [3.63, 3.8) is 0 Å². The van der Waals surface area contributed by atoms with Crippen LogP contribution < -0.4 is 10.5 Å². The van der Waals surface area contributed by atoms with Crippen LogP contribution in [-0.4, -0.2) is 23.9 Å². The van der Waals surface area contributed by atoms with Crippen LogP contribution >= 0.6 is 0 Å². The number of aliphatic hydroxyl groups excluding tert-OH is 1. The summed E-state index contributed by atoms with van der Waals surface area (Å²) >= 11 is 0. The molecule has 0 aliphatic carbocycles. The Labute approximate surface area is 97.2 Å². The Morgan fingerprint density at radius 1 is 1.38 bits per heavy atom. The average Bonchev–Trinajstić information content (AvgIpc) is 2.24. The second-order valence-corrected chi connectivity index (χ2v) is 4.61. The van der Waals surface area contributed by atoms with E-state index < -0.39 is 5.54 Å². The third-order valence-electron chi connectivity index (χ3n) is 2.85. The highest BCUT2D eigenvalue weighted by Crippen LogP contribution is 2.21. The molecule has 0 amide bonds. The molecule has 0 radical (unpaired) electrons. The fourth-order valence-electron chi connectivity index (χ4n) is 1.35. The van der Waals surface area contributed by atoms with Gasteiger partial charge in [0.2, 0.25) is 0 Å². The molecule has 90 valence electrons. The largest absolute Gasteiger partial charge is 0.493 e. The zero-order chi connectivity index (χ0) is 12.2. The third kappa shape index (κ3) is 3.51. The van der Waals surface area contributed by atoms with Crippen LogP contribution in [0.5, 0.6) is 5.75 Å². The van der Waals surface area contributed by atoms with E-state index in [4.69, 9.17) is 15.6 Å². The lowest BCUT2D eigenvalue weighted by molar-refractivity contribution is 0.174. The zero-order valence-electron chi connectivity index (χ0n) is 10.3. The van der Waals surface area contributed by atoms with Gasteiger partial charge in [0.1, 0.15) is 5.75 Å². The molecule has 3 nitrogen and oxygen atoms in total. The van der Waals surface area contributed by atoms with Gasteiger partial charge in [-0.3, -0.25) is 0 Å². The van der Waals surface area contributed by atoms with E-state index in [1.165, 1.54) is 5.56 Å². The lowest BCUT2D eigenvalue weighted by atomic mass is 10.0. The van der Waals surface area contributed by atoms with Crippen molar-refractivity contribution < 1.29 is 9.84 Å². The van der Waals surface area contributed by atoms with Gasteiger partial charge < -0.3 is 15.6 Å². The summed E-state index contributed by atoms with van der Waals surface area (Å²) in [6.45, 7) is 6.42. The Kier molecular flexibility index (Phi) is 4.33. The monoisotopic (exact) mass is 223 g/mol. The standard InChI is InChI=1S/C13H21NO2/c1-10-5-4-6-12(11(10)2)16-8-7-13(3,14)9-15/h4-6,15H,7-9,14H2,1-3H3. The first kappa shape index (κ1) is 13.0. The van der Waals surface area contributed by atoms with Crippen molar-refractivity contribution in [3.8, 4) is 5.75 Å². The normalized spacial score (nSPS) is 14.6. The molecule has 1 unspecified atom stereocenters. The number of aryl methyl sites for hydroxylation is 1. The van der Waals surface area contributed by atoms with Crippen LogP contribution in [0.3, 0.4) is 0 Å². The topological polar surface area (TPSA) is 55.5 Å². The maximum atomic E-state index is 9.01. The van der Waals surface area contributed by atoms with Gasteiger partial charge in [-0.05, 0) is 38.0 Å². The molecule has 0 spiro atoms. The summed E-state index contributed by atoms with van der Waals surface area (Å²) in [6.07, 6.45) is 0.636. The predicted octanol–water partition coefficient (Wildman–Crippen LogP) is 1.78. The summed E-state index contributed by atoms with van der Waals surface area (Å²) in [5, 5.41) is 9.01. The summed E-state index contributed by atoms with van der Waals surface area (Å²) in [4.78, 5) is 0. The molecule has 16 heavy (non-hydrogen) atoms. The van der Waals surface area contributed by atoms with E-state index in [0.29, 0.717) is 13.0 Å². The van der Waals surface area contributed by atoms with E-state index in [1.807, 2.05) is 26.0 Å². The number of rotatable bonds is 5. The molecule has 0 heterocycles. The van der Waals surface area contributed by atoms with Crippen LogP contribution in [0.4, 0.5) is 0 Å². The molecule has 0 fully saturated rings. The highest BCUT2D eigenvalue weighted by atomic mass is 16.5. The van der Waals surface area contributed by atoms with Crippen molar-refractivity contribution in [2.24, 2.45) is 5.73 Å². The number of hydrogen-bond donors (Lipinski definition) is 2. The summed E-state index contributed by atoms with van der Waals surface area (Å²) in [7, 11) is 0. The molecular formula is C13H21NO2. The Morgan fingerprint density at radius 2 is 2.06 bits per heavy atom. The van der Waals surface area contributed by atoms with Gasteiger partial charge in [-0.15, -0.1) is 0 Å². The summed E-state index contributed by atoms with van der Waals surface area (Å²) in [5.41, 5.74) is 7.64. The molecule has 1 aromatic carbocycles. The van der Waals surface area contributed by atoms with Gasteiger partial charge in [0.15, 0.2) is 0 Å². The van der Waals surface area contributed by atoms with Crippen molar-refractivity contribution in [1.82, 2.24) is 0 Å². The molecule has 1 atom stereocenters. The van der Waals surface area contributed by atoms with Crippen LogP contribution in [0.25, 0.3) is 0 Å². The first-order chi connectivity index (χ1) is 7.46. The van der Waals surface area contributed by atoms with Crippen molar-refractivity contribution in [2.45, 2.75) is 32.7 Å². The van der Waals surface area contributed by atoms with Crippen LogP contribution in [-0.2, 0) is 0 Å². The molecule has 1 rings (SSSR count). The lowest BCUT2D eigenvalue weighted by Crippen LogP contribution is -2.41. The summed E-state index contributed by atoms with van der Waals surface area (Å²) in [6, 6.07) is 5.99. The quantitative estimate of drug-likeness (QED) is 0.800. The summed E-state index contributed by atoms with van der Waals surface area (Å²) in [5.74, 6) is 0.897. The summed E-state index contributed by atoms with van der Waals surface area (Å²) < 4.78 is 5.66. The van der Waals surface area contributed by atoms with Crippen LogP contribution in [0, 0.1) is 13.8 Å². The SMILES string of the molecule is Cc1cccc(OCCC(C)(N)CO)c1C. The highest BCUT2D eigenvalue weighted by Gasteiger charge is 2.16. The first-order valence-corrected chi connectivity index (χ1v) is 5.55. The Hall–Kier alpha value is -1.06. The molecule has 1 aromatic rings. The molecule has 0 aromatic heterocycles. The molecule has 0 saturated heterocycles. The molecule has 0 aliphatic heterocycles. The molecule has 0 aliphatic rings. The Morgan fingerprint density at radius 3 is 2.69 bits per heavy atom. The van der Waals surface area contributed by atoms with Crippen LogP contribution in [0.15, 0.2) is 18.2 Å². The van der Waals surface area contributed by atoms with E-state index in [0.717, 1.165) is 11.3 Å². The number of hydrogen-bond acceptors (Lipinski definition) is 3. The van der Waals surface area contributed by atoms with E-state index in [9.17, 15) is 0 Å². The van der Waals surface area contributed by atoms with Crippen LogP contribution in [0.1, 0.15) is 24.5 Å². The first-order valence-electron chi connectivity index (χ1n) is 5.55. The smallest absolute Gasteiger partial charge is 0.122 e. The van der Waals surface area contributed by atoms with Gasteiger partial charge in [-0.2, -0.15) is 0 Å². The van der Waals surface area contributed by atoms with E-state index >= 15 is 0 Å². The van der Waals surface area contributed by atoms with Crippen molar-refractivity contribution in [2.75, 3.05) is 13.2 Å².